The van der Waals surface area contributed by atoms with Gasteiger partial charge in [-0.25, -0.2) is 8.42 Å². The van der Waals surface area contributed by atoms with Gasteiger partial charge in [-0.1, -0.05) is 23.2 Å². The lowest BCUT2D eigenvalue weighted by Gasteiger charge is -2.31. The molecule has 0 unspecified atom stereocenters. The second-order valence-corrected chi connectivity index (χ2v) is 8.63. The largest absolute Gasteiger partial charge is 0.488 e. The normalized spacial score (nSPS) is 14.3. The highest BCUT2D eigenvalue weighted by atomic mass is 79.9. The summed E-state index contributed by atoms with van der Waals surface area (Å²) in [5.74, 6) is 0.519. The van der Waals surface area contributed by atoms with Crippen molar-refractivity contribution in [2.75, 3.05) is 17.5 Å². The van der Waals surface area contributed by atoms with Crippen LogP contribution in [0, 0.1) is 6.92 Å². The number of sulfonamides is 1. The zero-order valence-corrected chi connectivity index (χ0v) is 15.9. The Morgan fingerprint density at radius 3 is 2.61 bits per heavy atom. The molecule has 1 heterocycles. The lowest BCUT2D eigenvalue weighted by atomic mass is 10.2. The first kappa shape index (κ1) is 16.9. The summed E-state index contributed by atoms with van der Waals surface area (Å²) in [7, 11) is -3.76. The van der Waals surface area contributed by atoms with Gasteiger partial charge >= 0.3 is 0 Å². The predicted molar refractivity (Wildman–Crippen MR) is 95.4 cm³/mol. The molecule has 0 fully saturated rings. The van der Waals surface area contributed by atoms with Crippen LogP contribution in [-0.2, 0) is 10.0 Å². The third-order valence-electron chi connectivity index (χ3n) is 3.46. The van der Waals surface area contributed by atoms with Crippen LogP contribution in [0.2, 0.25) is 10.0 Å². The van der Waals surface area contributed by atoms with Gasteiger partial charge in [0, 0.05) is 0 Å². The van der Waals surface area contributed by atoms with Gasteiger partial charge in [0.25, 0.3) is 10.0 Å². The topological polar surface area (TPSA) is 46.6 Å². The SMILES string of the molecule is Cc1cc(Br)c2c(c1)N(S(=O)(=O)c1ccc(Cl)c(Cl)c1)CCO2. The maximum atomic E-state index is 13.0. The van der Waals surface area contributed by atoms with Crippen molar-refractivity contribution in [3.05, 3.63) is 50.4 Å². The van der Waals surface area contributed by atoms with E-state index in [4.69, 9.17) is 27.9 Å². The highest BCUT2D eigenvalue weighted by Crippen LogP contribution is 2.41. The molecule has 0 aromatic heterocycles. The third-order valence-corrected chi connectivity index (χ3v) is 6.59. The average molecular weight is 437 g/mol. The number of anilines is 1. The summed E-state index contributed by atoms with van der Waals surface area (Å²) in [5, 5.41) is 0.512. The zero-order chi connectivity index (χ0) is 16.8. The summed E-state index contributed by atoms with van der Waals surface area (Å²) < 4.78 is 33.7. The quantitative estimate of drug-likeness (QED) is 0.688. The van der Waals surface area contributed by atoms with Crippen molar-refractivity contribution in [1.29, 1.82) is 0 Å². The molecule has 0 atom stereocenters. The van der Waals surface area contributed by atoms with Crippen molar-refractivity contribution < 1.29 is 13.2 Å². The van der Waals surface area contributed by atoms with Crippen LogP contribution in [0.3, 0.4) is 0 Å². The Kier molecular flexibility index (Phi) is 4.53. The first-order chi connectivity index (χ1) is 10.8. The summed E-state index contributed by atoms with van der Waals surface area (Å²) in [5.41, 5.74) is 1.43. The third kappa shape index (κ3) is 3.05. The molecule has 0 spiro atoms. The Bertz CT molecular complexity index is 887. The van der Waals surface area contributed by atoms with Crippen molar-refractivity contribution in [2.45, 2.75) is 11.8 Å². The van der Waals surface area contributed by atoms with Crippen LogP contribution in [0.15, 0.2) is 39.7 Å². The molecule has 0 aliphatic carbocycles. The molecule has 23 heavy (non-hydrogen) atoms. The molecular formula is C15H12BrCl2NO3S. The van der Waals surface area contributed by atoms with Gasteiger partial charge in [0.2, 0.25) is 0 Å². The fourth-order valence-corrected chi connectivity index (χ4v) is 4.92. The maximum absolute atomic E-state index is 13.0. The molecule has 4 nitrogen and oxygen atoms in total. The van der Waals surface area contributed by atoms with Crippen LogP contribution < -0.4 is 9.04 Å². The van der Waals surface area contributed by atoms with Crippen molar-refractivity contribution in [3.63, 3.8) is 0 Å². The highest BCUT2D eigenvalue weighted by Gasteiger charge is 2.31. The van der Waals surface area contributed by atoms with E-state index in [1.165, 1.54) is 22.5 Å². The molecule has 2 aromatic rings. The lowest BCUT2D eigenvalue weighted by molar-refractivity contribution is 0.313. The molecule has 0 saturated heterocycles. The van der Waals surface area contributed by atoms with Gasteiger partial charge in [-0.2, -0.15) is 0 Å². The fraction of sp³-hybridized carbons (Fsp3) is 0.200. The fourth-order valence-electron chi connectivity index (χ4n) is 2.40. The number of rotatable bonds is 2. The van der Waals surface area contributed by atoms with Gasteiger partial charge in [-0.05, 0) is 58.7 Å². The minimum Gasteiger partial charge on any atom is -0.488 e. The van der Waals surface area contributed by atoms with Gasteiger partial charge in [0.05, 0.1) is 31.6 Å². The van der Waals surface area contributed by atoms with Gasteiger partial charge in [-0.15, -0.1) is 0 Å². The molecule has 0 radical (unpaired) electrons. The Balaban J connectivity index is 2.14. The van der Waals surface area contributed by atoms with Crippen molar-refractivity contribution in [1.82, 2.24) is 0 Å². The van der Waals surface area contributed by atoms with Gasteiger partial charge < -0.3 is 4.74 Å². The number of fused-ring (bicyclic) bond motifs is 1. The molecule has 0 saturated carbocycles. The second kappa shape index (κ2) is 6.16. The number of benzene rings is 2. The van der Waals surface area contributed by atoms with Gasteiger partial charge in [0.1, 0.15) is 6.61 Å². The Morgan fingerprint density at radius 1 is 1.17 bits per heavy atom. The van der Waals surface area contributed by atoms with E-state index >= 15 is 0 Å². The van der Waals surface area contributed by atoms with Gasteiger partial charge in [-0.3, -0.25) is 4.31 Å². The van der Waals surface area contributed by atoms with E-state index in [0.717, 1.165) is 10.0 Å². The Labute approximate surface area is 153 Å². The first-order valence-electron chi connectivity index (χ1n) is 6.71. The number of aryl methyl sites for hydroxylation is 1. The lowest BCUT2D eigenvalue weighted by Crippen LogP contribution is -2.38. The van der Waals surface area contributed by atoms with Crippen molar-refractivity contribution >= 4 is 54.8 Å². The van der Waals surface area contributed by atoms with E-state index < -0.39 is 10.0 Å². The van der Waals surface area contributed by atoms with Crippen molar-refractivity contribution in [2.24, 2.45) is 0 Å². The Morgan fingerprint density at radius 2 is 1.91 bits per heavy atom. The number of ether oxygens (including phenoxy) is 1. The number of hydrogen-bond donors (Lipinski definition) is 0. The summed E-state index contributed by atoms with van der Waals surface area (Å²) in [6, 6.07) is 7.95. The molecule has 0 amide bonds. The summed E-state index contributed by atoms with van der Waals surface area (Å²) >= 11 is 15.3. The summed E-state index contributed by atoms with van der Waals surface area (Å²) in [4.78, 5) is 0.0948. The van der Waals surface area contributed by atoms with E-state index in [9.17, 15) is 8.42 Å². The van der Waals surface area contributed by atoms with E-state index in [-0.39, 0.29) is 23.1 Å². The maximum Gasteiger partial charge on any atom is 0.264 e. The second-order valence-electron chi connectivity index (χ2n) is 5.10. The Hall–Kier alpha value is -0.950. The summed E-state index contributed by atoms with van der Waals surface area (Å²) in [6.07, 6.45) is 0. The van der Waals surface area contributed by atoms with Crippen LogP contribution in [0.1, 0.15) is 5.56 Å². The van der Waals surface area contributed by atoms with Gasteiger partial charge in [0.15, 0.2) is 5.75 Å². The van der Waals surface area contributed by atoms with Crippen LogP contribution in [0.5, 0.6) is 5.75 Å². The van der Waals surface area contributed by atoms with E-state index in [2.05, 4.69) is 15.9 Å². The highest BCUT2D eigenvalue weighted by molar-refractivity contribution is 9.10. The average Bonchev–Trinajstić information content (AvgIpc) is 2.49. The van der Waals surface area contributed by atoms with Crippen LogP contribution in [0.4, 0.5) is 5.69 Å². The molecule has 8 heteroatoms. The molecule has 2 aromatic carbocycles. The van der Waals surface area contributed by atoms with Crippen LogP contribution in [-0.4, -0.2) is 21.6 Å². The minimum absolute atomic E-state index is 0.0948. The van der Waals surface area contributed by atoms with Crippen LogP contribution in [0.25, 0.3) is 0 Å². The number of halogens is 3. The molecule has 1 aliphatic heterocycles. The molecule has 3 rings (SSSR count). The molecule has 0 N–H and O–H groups in total. The molecule has 122 valence electrons. The van der Waals surface area contributed by atoms with Crippen LogP contribution >= 0.6 is 39.1 Å². The van der Waals surface area contributed by atoms with E-state index in [1.807, 2.05) is 13.0 Å². The number of nitrogens with zero attached hydrogens (tertiary/aromatic N) is 1. The van der Waals surface area contributed by atoms with E-state index in [0.29, 0.717) is 16.5 Å². The smallest absolute Gasteiger partial charge is 0.264 e. The van der Waals surface area contributed by atoms with E-state index in [1.54, 1.807) is 6.07 Å². The number of hydrogen-bond acceptors (Lipinski definition) is 3. The zero-order valence-electron chi connectivity index (χ0n) is 12.0. The summed E-state index contributed by atoms with van der Waals surface area (Å²) in [6.45, 7) is 2.39. The minimum atomic E-state index is -3.76. The molecular weight excluding hydrogens is 425 g/mol. The molecule has 1 aliphatic rings. The standard InChI is InChI=1S/C15H12BrCl2NO3S/c1-9-6-11(16)15-14(7-9)19(4-5-22-15)23(20,21)10-2-3-12(17)13(18)8-10/h2-3,6-8H,4-5H2,1H3. The first-order valence-corrected chi connectivity index (χ1v) is 9.70. The van der Waals surface area contributed by atoms with Crippen molar-refractivity contribution in [3.8, 4) is 5.75 Å². The predicted octanol–water partition coefficient (Wildman–Crippen LogP) is 4.65. The molecule has 0 bridgehead atoms. The monoisotopic (exact) mass is 435 g/mol.